The predicted molar refractivity (Wildman–Crippen MR) is 132 cm³/mol. The van der Waals surface area contributed by atoms with Crippen molar-refractivity contribution in [3.63, 3.8) is 0 Å². The SMILES string of the molecule is COC(=O)COCCOCCOCCOCCOCCOCCOCCNC(=O)OCc1ccccc1. The van der Waals surface area contributed by atoms with Gasteiger partial charge in [-0.1, -0.05) is 30.3 Å². The van der Waals surface area contributed by atoms with E-state index in [-0.39, 0.29) is 13.2 Å². The average Bonchev–Trinajstić information content (AvgIpc) is 2.92. The number of benzene rings is 1. The van der Waals surface area contributed by atoms with E-state index in [1.807, 2.05) is 30.3 Å². The molecule has 0 aliphatic heterocycles. The van der Waals surface area contributed by atoms with Crippen molar-refractivity contribution >= 4 is 12.1 Å². The topological polar surface area (TPSA) is 129 Å². The lowest BCUT2D eigenvalue weighted by molar-refractivity contribution is -0.146. The molecule has 12 heteroatoms. The second-order valence-corrected chi connectivity index (χ2v) is 7.29. The Labute approximate surface area is 218 Å². The maximum atomic E-state index is 11.6. The highest BCUT2D eigenvalue weighted by Crippen LogP contribution is 2.00. The van der Waals surface area contributed by atoms with Gasteiger partial charge in [0.15, 0.2) is 0 Å². The summed E-state index contributed by atoms with van der Waals surface area (Å²) in [5.41, 5.74) is 0.935. The van der Waals surface area contributed by atoms with Gasteiger partial charge in [0.05, 0.1) is 93.0 Å². The zero-order valence-electron chi connectivity index (χ0n) is 21.7. The smallest absolute Gasteiger partial charge is 0.407 e. The molecule has 0 heterocycles. The van der Waals surface area contributed by atoms with Crippen LogP contribution < -0.4 is 5.32 Å². The van der Waals surface area contributed by atoms with E-state index in [0.717, 1.165) is 5.56 Å². The molecule has 12 nitrogen and oxygen atoms in total. The first-order chi connectivity index (χ1) is 18.2. The van der Waals surface area contributed by atoms with Crippen molar-refractivity contribution in [2.24, 2.45) is 0 Å². The number of carbonyl (C=O) groups excluding carboxylic acids is 2. The number of alkyl carbamates (subject to hydrolysis) is 1. The minimum atomic E-state index is -0.473. The number of hydrogen-bond donors (Lipinski definition) is 1. The van der Waals surface area contributed by atoms with Crippen LogP contribution in [-0.2, 0) is 54.0 Å². The summed E-state index contributed by atoms with van der Waals surface area (Å²) in [7, 11) is 1.31. The quantitative estimate of drug-likeness (QED) is 0.144. The van der Waals surface area contributed by atoms with Gasteiger partial charge in [-0.15, -0.1) is 0 Å². The summed E-state index contributed by atoms with van der Waals surface area (Å²) in [6.07, 6.45) is -0.473. The van der Waals surface area contributed by atoms with Gasteiger partial charge in [0, 0.05) is 6.54 Å². The molecule has 212 valence electrons. The molecule has 0 saturated carbocycles. The number of nitrogens with one attached hydrogen (secondary N) is 1. The second kappa shape index (κ2) is 25.3. The molecule has 0 saturated heterocycles. The summed E-state index contributed by atoms with van der Waals surface area (Å²) >= 11 is 0. The highest BCUT2D eigenvalue weighted by Gasteiger charge is 2.02. The number of esters is 1. The van der Waals surface area contributed by atoms with E-state index in [9.17, 15) is 9.59 Å². The predicted octanol–water partition coefficient (Wildman–Crippen LogP) is 1.20. The largest absolute Gasteiger partial charge is 0.467 e. The Bertz CT molecular complexity index is 663. The van der Waals surface area contributed by atoms with Crippen LogP contribution in [0.5, 0.6) is 0 Å². The number of methoxy groups -OCH3 is 1. The van der Waals surface area contributed by atoms with E-state index < -0.39 is 12.1 Å². The summed E-state index contributed by atoms with van der Waals surface area (Å²) < 4.78 is 46.9. The van der Waals surface area contributed by atoms with Crippen LogP contribution in [0, 0.1) is 0 Å². The van der Waals surface area contributed by atoms with E-state index in [4.69, 9.17) is 37.9 Å². The van der Waals surface area contributed by atoms with Crippen molar-refractivity contribution in [3.8, 4) is 0 Å². The van der Waals surface area contributed by atoms with Gasteiger partial charge in [-0.3, -0.25) is 0 Å². The van der Waals surface area contributed by atoms with Crippen molar-refractivity contribution < 1.29 is 52.2 Å². The van der Waals surface area contributed by atoms with Crippen molar-refractivity contribution in [2.45, 2.75) is 6.61 Å². The minimum Gasteiger partial charge on any atom is -0.467 e. The maximum Gasteiger partial charge on any atom is 0.407 e. The molecule has 0 unspecified atom stereocenters. The van der Waals surface area contributed by atoms with Gasteiger partial charge in [-0.05, 0) is 5.56 Å². The molecule has 0 aliphatic rings. The van der Waals surface area contributed by atoms with Gasteiger partial charge in [0.25, 0.3) is 0 Å². The number of hydrogen-bond acceptors (Lipinski definition) is 11. The molecule has 0 aromatic heterocycles. The summed E-state index contributed by atoms with van der Waals surface area (Å²) in [5.74, 6) is -0.411. The molecular weight excluding hydrogens is 490 g/mol. The molecule has 1 aromatic rings. The van der Waals surface area contributed by atoms with Crippen molar-refractivity contribution in [1.29, 1.82) is 0 Å². The van der Waals surface area contributed by atoms with Gasteiger partial charge in [0.2, 0.25) is 0 Å². The Morgan fingerprint density at radius 1 is 0.622 bits per heavy atom. The van der Waals surface area contributed by atoms with Gasteiger partial charge < -0.3 is 47.9 Å². The van der Waals surface area contributed by atoms with Crippen LogP contribution in [0.4, 0.5) is 4.79 Å². The molecule has 0 fully saturated rings. The Morgan fingerprint density at radius 2 is 1.05 bits per heavy atom. The lowest BCUT2D eigenvalue weighted by Crippen LogP contribution is -2.28. The normalized spacial score (nSPS) is 10.8. The fraction of sp³-hybridized carbons (Fsp3) is 0.680. The highest BCUT2D eigenvalue weighted by atomic mass is 16.6. The second-order valence-electron chi connectivity index (χ2n) is 7.29. The first kappa shape index (κ1) is 32.7. The lowest BCUT2D eigenvalue weighted by atomic mass is 10.2. The number of rotatable bonds is 25. The van der Waals surface area contributed by atoms with Crippen LogP contribution in [0.2, 0.25) is 0 Å². The van der Waals surface area contributed by atoms with Crippen LogP contribution in [0.15, 0.2) is 30.3 Å². The molecule has 1 aromatic carbocycles. The standard InChI is InChI=1S/C25H41NO11/c1-29-24(27)22-36-20-19-35-18-17-34-16-15-33-14-13-32-12-11-31-10-9-30-8-7-26-25(28)37-21-23-5-3-2-4-6-23/h2-6H,7-22H2,1H3,(H,26,28). The van der Waals surface area contributed by atoms with Gasteiger partial charge >= 0.3 is 12.1 Å². The molecule has 0 atom stereocenters. The van der Waals surface area contributed by atoms with E-state index >= 15 is 0 Å². The Balaban J connectivity index is 1.69. The van der Waals surface area contributed by atoms with E-state index in [1.165, 1.54) is 7.11 Å². The number of ether oxygens (including phenoxy) is 9. The molecule has 0 bridgehead atoms. The van der Waals surface area contributed by atoms with Crippen LogP contribution in [0.3, 0.4) is 0 Å². The molecule has 1 rings (SSSR count). The number of amides is 1. The molecule has 0 aliphatic carbocycles. The third-order valence-electron chi connectivity index (χ3n) is 4.41. The summed E-state index contributed by atoms with van der Waals surface area (Å²) in [4.78, 5) is 22.4. The zero-order chi connectivity index (χ0) is 26.7. The van der Waals surface area contributed by atoms with Gasteiger partial charge in [-0.25, -0.2) is 9.59 Å². The fourth-order valence-corrected chi connectivity index (χ4v) is 2.53. The minimum absolute atomic E-state index is 0.0736. The molecule has 0 spiro atoms. The van der Waals surface area contributed by atoms with Crippen LogP contribution in [0.1, 0.15) is 5.56 Å². The molecule has 37 heavy (non-hydrogen) atoms. The number of carbonyl (C=O) groups is 2. The van der Waals surface area contributed by atoms with Crippen LogP contribution >= 0.6 is 0 Å². The fourth-order valence-electron chi connectivity index (χ4n) is 2.53. The van der Waals surface area contributed by atoms with Gasteiger partial charge in [0.1, 0.15) is 13.2 Å². The van der Waals surface area contributed by atoms with Crippen LogP contribution in [0.25, 0.3) is 0 Å². The van der Waals surface area contributed by atoms with Crippen molar-refractivity contribution in [1.82, 2.24) is 5.32 Å². The van der Waals surface area contributed by atoms with Crippen molar-refractivity contribution in [3.05, 3.63) is 35.9 Å². The molecule has 0 radical (unpaired) electrons. The Kier molecular flexibility index (Phi) is 22.4. The average molecular weight is 532 g/mol. The van der Waals surface area contributed by atoms with Crippen LogP contribution in [-0.4, -0.2) is 118 Å². The third kappa shape index (κ3) is 22.6. The Morgan fingerprint density at radius 3 is 1.51 bits per heavy atom. The monoisotopic (exact) mass is 531 g/mol. The van der Waals surface area contributed by atoms with E-state index in [2.05, 4.69) is 10.1 Å². The molecule has 1 amide bonds. The van der Waals surface area contributed by atoms with Gasteiger partial charge in [-0.2, -0.15) is 0 Å². The highest BCUT2D eigenvalue weighted by molar-refractivity contribution is 5.70. The zero-order valence-corrected chi connectivity index (χ0v) is 21.7. The van der Waals surface area contributed by atoms with Crippen molar-refractivity contribution in [2.75, 3.05) is 106 Å². The summed E-state index contributed by atoms with van der Waals surface area (Å²) in [5, 5.41) is 2.63. The lowest BCUT2D eigenvalue weighted by Gasteiger charge is -2.09. The first-order valence-corrected chi connectivity index (χ1v) is 12.3. The summed E-state index contributed by atoms with van der Waals surface area (Å²) in [6.45, 7) is 6.20. The first-order valence-electron chi connectivity index (χ1n) is 12.3. The summed E-state index contributed by atoms with van der Waals surface area (Å²) in [6, 6.07) is 9.48. The Hall–Kier alpha value is -2.32. The molecule has 1 N–H and O–H groups in total. The van der Waals surface area contributed by atoms with E-state index in [1.54, 1.807) is 0 Å². The third-order valence-corrected chi connectivity index (χ3v) is 4.41. The van der Waals surface area contributed by atoms with E-state index in [0.29, 0.717) is 92.4 Å². The maximum absolute atomic E-state index is 11.6. The molecular formula is C25H41NO11.